The van der Waals surface area contributed by atoms with Crippen LogP contribution in [-0.2, 0) is 6.42 Å². The summed E-state index contributed by atoms with van der Waals surface area (Å²) in [4.78, 5) is 15.8. The topological polar surface area (TPSA) is 50.2 Å². The van der Waals surface area contributed by atoms with E-state index in [1.54, 1.807) is 12.1 Å². The Labute approximate surface area is 112 Å². The Balaban J connectivity index is 2.54. The fraction of sp³-hybridized carbons (Fsp3) is 0.250. The minimum atomic E-state index is -0.939. The first-order chi connectivity index (χ1) is 9.11. The number of aromatic carboxylic acids is 1. The van der Waals surface area contributed by atoms with Gasteiger partial charge in [-0.2, -0.15) is 0 Å². The minimum absolute atomic E-state index is 0.253. The number of rotatable bonds is 4. The molecule has 0 spiro atoms. The Morgan fingerprint density at radius 1 is 1.16 bits per heavy atom. The number of carbonyl (C=O) groups is 1. The Bertz CT molecular complexity index is 588. The van der Waals surface area contributed by atoms with E-state index in [0.29, 0.717) is 5.69 Å². The predicted molar refractivity (Wildman–Crippen MR) is 75.4 cm³/mol. The molecule has 0 aliphatic rings. The van der Waals surface area contributed by atoms with Gasteiger partial charge < -0.3 is 5.11 Å². The van der Waals surface area contributed by atoms with Crippen molar-refractivity contribution in [2.45, 2.75) is 26.7 Å². The summed E-state index contributed by atoms with van der Waals surface area (Å²) in [5.41, 5.74) is 3.73. The SMILES string of the molecule is CCCc1ccc(C(=O)O)c(-c2ccc(C)cc2)n1. The number of benzene rings is 1. The maximum atomic E-state index is 11.3. The number of carboxylic acid groups (broad SMARTS) is 1. The van der Waals surface area contributed by atoms with Crippen LogP contribution < -0.4 is 0 Å². The quantitative estimate of drug-likeness (QED) is 0.906. The van der Waals surface area contributed by atoms with Gasteiger partial charge in [-0.3, -0.25) is 4.98 Å². The van der Waals surface area contributed by atoms with E-state index in [0.717, 1.165) is 29.7 Å². The molecule has 0 aliphatic heterocycles. The summed E-state index contributed by atoms with van der Waals surface area (Å²) in [7, 11) is 0. The number of carboxylic acids is 1. The van der Waals surface area contributed by atoms with Crippen LogP contribution in [0.25, 0.3) is 11.3 Å². The first-order valence-corrected chi connectivity index (χ1v) is 6.42. The highest BCUT2D eigenvalue weighted by molar-refractivity contribution is 5.94. The van der Waals surface area contributed by atoms with Crippen molar-refractivity contribution in [2.24, 2.45) is 0 Å². The van der Waals surface area contributed by atoms with Crippen molar-refractivity contribution < 1.29 is 9.90 Å². The molecule has 0 fully saturated rings. The van der Waals surface area contributed by atoms with E-state index < -0.39 is 5.97 Å². The Morgan fingerprint density at radius 3 is 2.42 bits per heavy atom. The highest BCUT2D eigenvalue weighted by Crippen LogP contribution is 2.23. The zero-order valence-corrected chi connectivity index (χ0v) is 11.2. The van der Waals surface area contributed by atoms with E-state index in [-0.39, 0.29) is 5.56 Å². The second-order valence-corrected chi connectivity index (χ2v) is 4.62. The second kappa shape index (κ2) is 5.65. The molecule has 0 amide bonds. The first kappa shape index (κ1) is 13.3. The molecule has 0 saturated carbocycles. The zero-order valence-electron chi connectivity index (χ0n) is 11.2. The number of hydrogen-bond acceptors (Lipinski definition) is 2. The monoisotopic (exact) mass is 255 g/mol. The van der Waals surface area contributed by atoms with Crippen molar-refractivity contribution in [1.82, 2.24) is 4.98 Å². The van der Waals surface area contributed by atoms with Crippen LogP contribution in [0, 0.1) is 6.92 Å². The number of aromatic nitrogens is 1. The van der Waals surface area contributed by atoms with Gasteiger partial charge in [0.1, 0.15) is 0 Å². The molecule has 0 aliphatic carbocycles. The zero-order chi connectivity index (χ0) is 13.8. The average Bonchev–Trinajstić information content (AvgIpc) is 2.39. The Kier molecular flexibility index (Phi) is 3.95. The van der Waals surface area contributed by atoms with Crippen molar-refractivity contribution in [3.8, 4) is 11.3 Å². The van der Waals surface area contributed by atoms with E-state index in [1.807, 2.05) is 31.2 Å². The van der Waals surface area contributed by atoms with Crippen LogP contribution in [-0.4, -0.2) is 16.1 Å². The summed E-state index contributed by atoms with van der Waals surface area (Å²) in [5, 5.41) is 9.26. The molecule has 0 atom stereocenters. The van der Waals surface area contributed by atoms with Gasteiger partial charge in [0.15, 0.2) is 0 Å². The third-order valence-corrected chi connectivity index (χ3v) is 3.01. The molecule has 98 valence electrons. The van der Waals surface area contributed by atoms with Gasteiger partial charge in [0.05, 0.1) is 11.3 Å². The van der Waals surface area contributed by atoms with Gasteiger partial charge in [-0.15, -0.1) is 0 Å². The fourth-order valence-corrected chi connectivity index (χ4v) is 2.00. The number of pyridine rings is 1. The summed E-state index contributed by atoms with van der Waals surface area (Å²) in [6.07, 6.45) is 1.85. The van der Waals surface area contributed by atoms with Crippen molar-refractivity contribution in [2.75, 3.05) is 0 Å². The van der Waals surface area contributed by atoms with E-state index in [1.165, 1.54) is 0 Å². The lowest BCUT2D eigenvalue weighted by molar-refractivity contribution is 0.0697. The lowest BCUT2D eigenvalue weighted by atomic mass is 10.0. The van der Waals surface area contributed by atoms with Crippen molar-refractivity contribution in [3.63, 3.8) is 0 Å². The molecule has 1 N–H and O–H groups in total. The van der Waals surface area contributed by atoms with Gasteiger partial charge in [0.25, 0.3) is 0 Å². The third kappa shape index (κ3) is 2.99. The van der Waals surface area contributed by atoms with Crippen LogP contribution in [0.1, 0.15) is 35.0 Å². The highest BCUT2D eigenvalue weighted by atomic mass is 16.4. The third-order valence-electron chi connectivity index (χ3n) is 3.01. The first-order valence-electron chi connectivity index (χ1n) is 6.42. The van der Waals surface area contributed by atoms with E-state index in [2.05, 4.69) is 11.9 Å². The van der Waals surface area contributed by atoms with Crippen molar-refractivity contribution in [1.29, 1.82) is 0 Å². The van der Waals surface area contributed by atoms with Gasteiger partial charge in [-0.1, -0.05) is 43.2 Å². The van der Waals surface area contributed by atoms with E-state index >= 15 is 0 Å². The molecule has 3 heteroatoms. The van der Waals surface area contributed by atoms with Gasteiger partial charge in [0, 0.05) is 11.3 Å². The highest BCUT2D eigenvalue weighted by Gasteiger charge is 2.13. The lowest BCUT2D eigenvalue weighted by Gasteiger charge is -2.08. The molecular weight excluding hydrogens is 238 g/mol. The van der Waals surface area contributed by atoms with E-state index in [4.69, 9.17) is 0 Å². The van der Waals surface area contributed by atoms with Gasteiger partial charge in [0.2, 0.25) is 0 Å². The molecule has 19 heavy (non-hydrogen) atoms. The fourth-order valence-electron chi connectivity index (χ4n) is 2.00. The predicted octanol–water partition coefficient (Wildman–Crippen LogP) is 3.71. The molecule has 0 unspecified atom stereocenters. The van der Waals surface area contributed by atoms with Crippen LogP contribution in [0.15, 0.2) is 36.4 Å². The molecule has 2 aromatic rings. The molecule has 1 aromatic heterocycles. The molecular formula is C16H17NO2. The number of hydrogen-bond donors (Lipinski definition) is 1. The summed E-state index contributed by atoms with van der Waals surface area (Å²) >= 11 is 0. The normalized spacial score (nSPS) is 10.4. The smallest absolute Gasteiger partial charge is 0.337 e. The van der Waals surface area contributed by atoms with Crippen molar-refractivity contribution >= 4 is 5.97 Å². The summed E-state index contributed by atoms with van der Waals surface area (Å²) in [6, 6.07) is 11.2. The molecule has 0 saturated heterocycles. The van der Waals surface area contributed by atoms with Crippen LogP contribution in [0.4, 0.5) is 0 Å². The maximum Gasteiger partial charge on any atom is 0.337 e. The molecule has 1 aromatic carbocycles. The van der Waals surface area contributed by atoms with Gasteiger partial charge >= 0.3 is 5.97 Å². The molecule has 2 rings (SSSR count). The minimum Gasteiger partial charge on any atom is -0.478 e. The van der Waals surface area contributed by atoms with Gasteiger partial charge in [-0.25, -0.2) is 4.79 Å². The van der Waals surface area contributed by atoms with Crippen LogP contribution >= 0.6 is 0 Å². The van der Waals surface area contributed by atoms with Crippen LogP contribution in [0.3, 0.4) is 0 Å². The Hall–Kier alpha value is -2.16. The second-order valence-electron chi connectivity index (χ2n) is 4.62. The summed E-state index contributed by atoms with van der Waals surface area (Å²) < 4.78 is 0. The molecule has 3 nitrogen and oxygen atoms in total. The average molecular weight is 255 g/mol. The summed E-state index contributed by atoms with van der Waals surface area (Å²) in [5.74, 6) is -0.939. The number of aryl methyl sites for hydroxylation is 2. The van der Waals surface area contributed by atoms with Crippen molar-refractivity contribution in [3.05, 3.63) is 53.2 Å². The van der Waals surface area contributed by atoms with Crippen LogP contribution in [0.2, 0.25) is 0 Å². The largest absolute Gasteiger partial charge is 0.478 e. The molecule has 0 radical (unpaired) electrons. The molecule has 0 bridgehead atoms. The van der Waals surface area contributed by atoms with Gasteiger partial charge in [-0.05, 0) is 25.5 Å². The lowest BCUT2D eigenvalue weighted by Crippen LogP contribution is -2.04. The van der Waals surface area contributed by atoms with E-state index in [9.17, 15) is 9.90 Å². The number of nitrogens with zero attached hydrogens (tertiary/aromatic N) is 1. The standard InChI is InChI=1S/C16H17NO2/c1-3-4-13-9-10-14(16(18)19)15(17-13)12-7-5-11(2)6-8-12/h5-10H,3-4H2,1-2H3,(H,18,19). The Morgan fingerprint density at radius 2 is 1.84 bits per heavy atom. The molecule has 1 heterocycles. The maximum absolute atomic E-state index is 11.3. The van der Waals surface area contributed by atoms with Crippen LogP contribution in [0.5, 0.6) is 0 Å². The summed E-state index contributed by atoms with van der Waals surface area (Å²) in [6.45, 7) is 4.08.